The zero-order valence-electron chi connectivity index (χ0n) is 18.8. The molecule has 5 nitrogen and oxygen atoms in total. The Hall–Kier alpha value is -3.47. The third-order valence-corrected chi connectivity index (χ3v) is 6.00. The normalized spacial score (nSPS) is 12.1. The molecule has 2 aromatic heterocycles. The first-order valence-corrected chi connectivity index (χ1v) is 11.4. The van der Waals surface area contributed by atoms with Gasteiger partial charge in [0.2, 0.25) is 0 Å². The van der Waals surface area contributed by atoms with Gasteiger partial charge < -0.3 is 9.88 Å². The van der Waals surface area contributed by atoms with Crippen molar-refractivity contribution in [2.45, 2.75) is 45.6 Å². The topological polar surface area (TPSA) is 59.8 Å². The Morgan fingerprint density at radius 1 is 1.03 bits per heavy atom. The molecular weight excluding hydrogens is 396 g/mol. The lowest BCUT2D eigenvalue weighted by atomic mass is 9.97. The fourth-order valence-electron chi connectivity index (χ4n) is 3.90. The summed E-state index contributed by atoms with van der Waals surface area (Å²) in [5.41, 5.74) is 5.25. The third kappa shape index (κ3) is 5.05. The number of imidazole rings is 1. The van der Waals surface area contributed by atoms with Crippen LogP contribution in [-0.2, 0) is 13.0 Å². The van der Waals surface area contributed by atoms with Crippen molar-refractivity contribution in [1.82, 2.24) is 19.9 Å². The van der Waals surface area contributed by atoms with Crippen molar-refractivity contribution < 1.29 is 4.79 Å². The molecule has 0 fully saturated rings. The maximum Gasteiger partial charge on any atom is 0.269 e. The minimum absolute atomic E-state index is 0.138. The molecule has 0 aliphatic carbocycles. The second-order valence-corrected chi connectivity index (χ2v) is 8.23. The number of pyridine rings is 1. The Morgan fingerprint density at radius 3 is 2.56 bits per heavy atom. The van der Waals surface area contributed by atoms with Crippen LogP contribution in [0, 0.1) is 0 Å². The second kappa shape index (κ2) is 10.2. The van der Waals surface area contributed by atoms with Gasteiger partial charge in [0, 0.05) is 25.7 Å². The predicted octanol–water partition coefficient (Wildman–Crippen LogP) is 5.36. The third-order valence-electron chi connectivity index (χ3n) is 6.00. The molecule has 0 saturated carbocycles. The van der Waals surface area contributed by atoms with Crippen molar-refractivity contribution in [3.63, 3.8) is 0 Å². The second-order valence-electron chi connectivity index (χ2n) is 8.23. The van der Waals surface area contributed by atoms with Gasteiger partial charge in [0.05, 0.1) is 11.0 Å². The van der Waals surface area contributed by atoms with Crippen LogP contribution in [0.15, 0.2) is 72.9 Å². The van der Waals surface area contributed by atoms with Crippen LogP contribution >= 0.6 is 0 Å². The van der Waals surface area contributed by atoms with E-state index < -0.39 is 0 Å². The molecule has 5 heteroatoms. The van der Waals surface area contributed by atoms with E-state index >= 15 is 0 Å². The lowest BCUT2D eigenvalue weighted by Crippen LogP contribution is -2.25. The number of para-hydroxylation sites is 2. The van der Waals surface area contributed by atoms with Crippen molar-refractivity contribution in [3.05, 3.63) is 95.6 Å². The fraction of sp³-hybridized carbons (Fsp3) is 0.296. The number of nitrogens with zero attached hydrogens (tertiary/aromatic N) is 3. The van der Waals surface area contributed by atoms with Crippen molar-refractivity contribution in [2.75, 3.05) is 6.54 Å². The van der Waals surface area contributed by atoms with Gasteiger partial charge in [-0.1, -0.05) is 56.3 Å². The first kappa shape index (κ1) is 21.8. The number of amides is 1. The van der Waals surface area contributed by atoms with E-state index in [1.165, 1.54) is 11.1 Å². The zero-order chi connectivity index (χ0) is 22.3. The maximum absolute atomic E-state index is 12.2. The predicted molar refractivity (Wildman–Crippen MR) is 129 cm³/mol. The number of carbonyl (C=O) groups excluding carboxylic acids is 1. The quantitative estimate of drug-likeness (QED) is 0.367. The fourth-order valence-corrected chi connectivity index (χ4v) is 3.90. The van der Waals surface area contributed by atoms with Gasteiger partial charge in [-0.15, -0.1) is 0 Å². The lowest BCUT2D eigenvalue weighted by Gasteiger charge is -2.12. The highest BCUT2D eigenvalue weighted by molar-refractivity contribution is 5.92. The number of aryl methyl sites for hydroxylation is 1. The minimum atomic E-state index is -0.138. The van der Waals surface area contributed by atoms with Crippen LogP contribution in [0.3, 0.4) is 0 Å². The highest BCUT2D eigenvalue weighted by Gasteiger charge is 2.12. The summed E-state index contributed by atoms with van der Waals surface area (Å²) >= 11 is 0. The van der Waals surface area contributed by atoms with Crippen LogP contribution in [0.2, 0.25) is 0 Å². The van der Waals surface area contributed by atoms with E-state index in [9.17, 15) is 4.79 Å². The first-order chi connectivity index (χ1) is 15.7. The van der Waals surface area contributed by atoms with E-state index in [-0.39, 0.29) is 5.91 Å². The summed E-state index contributed by atoms with van der Waals surface area (Å²) in [5.74, 6) is 1.49. The van der Waals surface area contributed by atoms with Crippen LogP contribution in [0.25, 0.3) is 11.0 Å². The molecule has 0 aliphatic heterocycles. The Bertz CT molecular complexity index is 1170. The van der Waals surface area contributed by atoms with E-state index in [0.717, 1.165) is 42.7 Å². The van der Waals surface area contributed by atoms with Gasteiger partial charge in [-0.2, -0.15) is 0 Å². The van der Waals surface area contributed by atoms with E-state index in [2.05, 4.69) is 71.2 Å². The van der Waals surface area contributed by atoms with Gasteiger partial charge in [0.1, 0.15) is 11.5 Å². The summed E-state index contributed by atoms with van der Waals surface area (Å²) in [7, 11) is 0. The standard InChI is InChI=1S/C27H30N4O/c1-3-20(2)22-15-13-21(14-16-22)19-31-25-11-5-4-9-23(25)30-26(31)12-8-18-29-27(32)24-10-6-7-17-28-24/h4-7,9-11,13-17,20H,3,8,12,18-19H2,1-2H3,(H,29,32). The largest absolute Gasteiger partial charge is 0.351 e. The average molecular weight is 427 g/mol. The summed E-state index contributed by atoms with van der Waals surface area (Å²) in [4.78, 5) is 21.2. The van der Waals surface area contributed by atoms with Gasteiger partial charge in [0.15, 0.2) is 0 Å². The molecule has 164 valence electrons. The molecule has 1 unspecified atom stereocenters. The van der Waals surface area contributed by atoms with Crippen molar-refractivity contribution in [1.29, 1.82) is 0 Å². The molecule has 2 heterocycles. The molecule has 4 aromatic rings. The van der Waals surface area contributed by atoms with Gasteiger partial charge in [-0.05, 0) is 54.2 Å². The van der Waals surface area contributed by atoms with Crippen LogP contribution < -0.4 is 5.32 Å². The Morgan fingerprint density at radius 2 is 1.81 bits per heavy atom. The van der Waals surface area contributed by atoms with Crippen molar-refractivity contribution in [2.24, 2.45) is 0 Å². The molecule has 4 rings (SSSR count). The van der Waals surface area contributed by atoms with Crippen LogP contribution in [0.1, 0.15) is 60.0 Å². The molecule has 1 atom stereocenters. The Labute approximate surface area is 189 Å². The molecule has 1 amide bonds. The van der Waals surface area contributed by atoms with Crippen LogP contribution in [0.4, 0.5) is 0 Å². The highest BCUT2D eigenvalue weighted by atomic mass is 16.1. The molecule has 2 aromatic carbocycles. The van der Waals surface area contributed by atoms with Gasteiger partial charge >= 0.3 is 0 Å². The summed E-state index contributed by atoms with van der Waals surface area (Å²) in [6, 6.07) is 22.6. The molecular formula is C27H30N4O. The lowest BCUT2D eigenvalue weighted by molar-refractivity contribution is 0.0948. The smallest absolute Gasteiger partial charge is 0.269 e. The van der Waals surface area contributed by atoms with E-state index in [1.54, 1.807) is 18.3 Å². The monoisotopic (exact) mass is 426 g/mol. The maximum atomic E-state index is 12.2. The van der Waals surface area contributed by atoms with Gasteiger partial charge in [-0.3, -0.25) is 9.78 Å². The van der Waals surface area contributed by atoms with Gasteiger partial charge in [0.25, 0.3) is 5.91 Å². The molecule has 0 bridgehead atoms. The SMILES string of the molecule is CCC(C)c1ccc(Cn2c(CCCNC(=O)c3ccccn3)nc3ccccc32)cc1. The van der Waals surface area contributed by atoms with Gasteiger partial charge in [-0.25, -0.2) is 4.98 Å². The highest BCUT2D eigenvalue weighted by Crippen LogP contribution is 2.22. The zero-order valence-corrected chi connectivity index (χ0v) is 18.8. The number of hydrogen-bond acceptors (Lipinski definition) is 3. The number of fused-ring (bicyclic) bond motifs is 1. The van der Waals surface area contributed by atoms with E-state index in [4.69, 9.17) is 4.98 Å². The molecule has 1 N–H and O–H groups in total. The van der Waals surface area contributed by atoms with Crippen LogP contribution in [-0.4, -0.2) is 27.0 Å². The van der Waals surface area contributed by atoms with E-state index in [1.807, 2.05) is 12.1 Å². The minimum Gasteiger partial charge on any atom is -0.351 e. The van der Waals surface area contributed by atoms with Crippen molar-refractivity contribution >= 4 is 16.9 Å². The average Bonchev–Trinajstić information content (AvgIpc) is 3.19. The number of rotatable bonds is 9. The number of carbonyl (C=O) groups is 1. The Balaban J connectivity index is 1.45. The molecule has 0 spiro atoms. The number of nitrogens with one attached hydrogen (secondary N) is 1. The Kier molecular flexibility index (Phi) is 6.95. The summed E-state index contributed by atoms with van der Waals surface area (Å²) in [5, 5.41) is 2.96. The van der Waals surface area contributed by atoms with E-state index in [0.29, 0.717) is 18.2 Å². The number of hydrogen-bond donors (Lipinski definition) is 1. The van der Waals surface area contributed by atoms with Crippen molar-refractivity contribution in [3.8, 4) is 0 Å². The number of aromatic nitrogens is 3. The first-order valence-electron chi connectivity index (χ1n) is 11.4. The molecule has 0 radical (unpaired) electrons. The summed E-state index contributed by atoms with van der Waals surface area (Å²) in [6.07, 6.45) is 4.39. The number of benzene rings is 2. The molecule has 0 saturated heterocycles. The summed E-state index contributed by atoms with van der Waals surface area (Å²) in [6.45, 7) is 5.86. The molecule has 0 aliphatic rings. The molecule has 32 heavy (non-hydrogen) atoms. The van der Waals surface area contributed by atoms with Crippen LogP contribution in [0.5, 0.6) is 0 Å². The summed E-state index contributed by atoms with van der Waals surface area (Å²) < 4.78 is 2.30.